The van der Waals surface area contributed by atoms with Gasteiger partial charge in [-0.25, -0.2) is 9.99 Å². The molecular formula is C30H42N10O2. The minimum atomic E-state index is -0.154. The van der Waals surface area contributed by atoms with E-state index < -0.39 is 0 Å². The summed E-state index contributed by atoms with van der Waals surface area (Å²) in [4.78, 5) is 27.4. The highest BCUT2D eigenvalue weighted by molar-refractivity contribution is 5.95. The smallest absolute Gasteiger partial charge is 0.265 e. The van der Waals surface area contributed by atoms with Crippen LogP contribution in [0.1, 0.15) is 73.5 Å². The molecule has 0 bridgehead atoms. The van der Waals surface area contributed by atoms with E-state index >= 15 is 0 Å². The van der Waals surface area contributed by atoms with Gasteiger partial charge in [0.2, 0.25) is 5.95 Å². The third-order valence-corrected chi connectivity index (χ3v) is 8.83. The van der Waals surface area contributed by atoms with Crippen LogP contribution in [0.15, 0.2) is 24.4 Å². The third kappa shape index (κ3) is 5.65. The molecule has 1 amide bonds. The van der Waals surface area contributed by atoms with Crippen molar-refractivity contribution >= 4 is 23.4 Å². The van der Waals surface area contributed by atoms with Gasteiger partial charge in [0.25, 0.3) is 5.91 Å². The van der Waals surface area contributed by atoms with Crippen LogP contribution in [0, 0.1) is 12.8 Å². The quantitative estimate of drug-likeness (QED) is 0.411. The molecule has 1 aliphatic carbocycles. The zero-order valence-corrected chi connectivity index (χ0v) is 25.1. The molecule has 42 heavy (non-hydrogen) atoms. The molecule has 12 heteroatoms. The number of likely N-dealkylation sites (N-methyl/N-ethyl adjacent to an activating group) is 1. The minimum Gasteiger partial charge on any atom is -0.495 e. The number of carbonyl (C=O) groups is 1. The second-order valence-corrected chi connectivity index (χ2v) is 11.7. The summed E-state index contributed by atoms with van der Waals surface area (Å²) in [7, 11) is 3.69. The molecule has 1 atom stereocenters. The van der Waals surface area contributed by atoms with Gasteiger partial charge in [0.1, 0.15) is 17.3 Å². The molecule has 2 aromatic heterocycles. The van der Waals surface area contributed by atoms with Gasteiger partial charge in [-0.3, -0.25) is 14.8 Å². The highest BCUT2D eigenvalue weighted by Crippen LogP contribution is 2.41. The van der Waals surface area contributed by atoms with Crippen molar-refractivity contribution in [1.82, 2.24) is 40.1 Å². The lowest BCUT2D eigenvalue weighted by atomic mass is 9.88. The molecule has 1 aromatic carbocycles. The lowest BCUT2D eigenvalue weighted by Crippen LogP contribution is -2.52. The van der Waals surface area contributed by atoms with Crippen molar-refractivity contribution in [2.75, 3.05) is 57.1 Å². The maximum atomic E-state index is 13.0. The fourth-order valence-corrected chi connectivity index (χ4v) is 6.42. The highest BCUT2D eigenvalue weighted by Gasteiger charge is 2.36. The number of rotatable bonds is 8. The lowest BCUT2D eigenvalue weighted by Gasteiger charge is -2.39. The molecule has 6 rings (SSSR count). The SMILES string of the molecule is CC[C@@H]1c2nnc(C)n2-c2cnc(Nc3ccc(C(=O)NN4CCN(C)CC4)cc3OC)nc2N1CC1CCCCC1. The van der Waals surface area contributed by atoms with Crippen LogP contribution in [0.4, 0.5) is 17.5 Å². The summed E-state index contributed by atoms with van der Waals surface area (Å²) in [6.07, 6.45) is 9.16. The largest absolute Gasteiger partial charge is 0.495 e. The summed E-state index contributed by atoms with van der Waals surface area (Å²) in [5.41, 5.74) is 5.14. The van der Waals surface area contributed by atoms with Crippen molar-refractivity contribution in [3.63, 3.8) is 0 Å². The number of hydrazine groups is 1. The van der Waals surface area contributed by atoms with Crippen molar-refractivity contribution in [2.45, 2.75) is 58.4 Å². The van der Waals surface area contributed by atoms with Crippen LogP contribution in [-0.2, 0) is 0 Å². The lowest BCUT2D eigenvalue weighted by molar-refractivity contribution is 0.0662. The van der Waals surface area contributed by atoms with Gasteiger partial charge >= 0.3 is 0 Å². The zero-order chi connectivity index (χ0) is 29.2. The molecule has 0 unspecified atom stereocenters. The summed E-state index contributed by atoms with van der Waals surface area (Å²) < 4.78 is 7.78. The zero-order valence-electron chi connectivity index (χ0n) is 25.1. The van der Waals surface area contributed by atoms with Crippen LogP contribution in [0.5, 0.6) is 5.75 Å². The van der Waals surface area contributed by atoms with E-state index in [1.54, 1.807) is 19.2 Å². The van der Waals surface area contributed by atoms with Crippen LogP contribution in [0.3, 0.4) is 0 Å². The van der Waals surface area contributed by atoms with Gasteiger partial charge in [-0.15, -0.1) is 10.2 Å². The van der Waals surface area contributed by atoms with Crippen molar-refractivity contribution in [1.29, 1.82) is 0 Å². The molecule has 3 aromatic rings. The van der Waals surface area contributed by atoms with Gasteiger partial charge < -0.3 is 19.9 Å². The number of benzene rings is 1. The molecule has 2 N–H and O–H groups in total. The van der Waals surface area contributed by atoms with Crippen molar-refractivity contribution in [2.24, 2.45) is 5.92 Å². The first-order valence-corrected chi connectivity index (χ1v) is 15.2. The standard InChI is InChI=1S/C30H42N10O2/c1-5-24-28-35-34-20(2)40(28)25-18-31-30(33-27(25)39(24)19-21-9-7-6-8-10-21)32-23-12-11-22(17-26(23)42-4)29(41)36-38-15-13-37(3)14-16-38/h11-12,17-18,21,24H,5-10,13-16,19H2,1-4H3,(H,36,41)(H,31,32,33)/t24-/m1/s1. The number of methoxy groups -OCH3 is 1. The molecule has 1 saturated carbocycles. The molecule has 3 aliphatic rings. The van der Waals surface area contributed by atoms with Gasteiger partial charge in [0, 0.05) is 38.3 Å². The molecule has 0 radical (unpaired) electrons. The third-order valence-electron chi connectivity index (χ3n) is 8.83. The van der Waals surface area contributed by atoms with E-state index in [1.807, 2.05) is 24.2 Å². The van der Waals surface area contributed by atoms with Crippen molar-refractivity contribution in [3.8, 4) is 11.4 Å². The summed E-state index contributed by atoms with van der Waals surface area (Å²) in [6, 6.07) is 5.49. The van der Waals surface area contributed by atoms with Gasteiger partial charge in [-0.2, -0.15) is 4.98 Å². The Kier molecular flexibility index (Phi) is 8.25. The minimum absolute atomic E-state index is 0.0935. The predicted octanol–water partition coefficient (Wildman–Crippen LogP) is 3.86. The Morgan fingerprint density at radius 2 is 1.88 bits per heavy atom. The molecule has 2 fully saturated rings. The normalized spacial score (nSPS) is 19.7. The molecule has 224 valence electrons. The van der Waals surface area contributed by atoms with E-state index in [0.717, 1.165) is 62.3 Å². The number of hydrogen-bond donors (Lipinski definition) is 2. The number of amides is 1. The molecule has 0 spiro atoms. The fourth-order valence-electron chi connectivity index (χ4n) is 6.42. The number of aryl methyl sites for hydroxylation is 1. The molecular weight excluding hydrogens is 532 g/mol. The number of nitrogens with zero attached hydrogens (tertiary/aromatic N) is 8. The van der Waals surface area contributed by atoms with E-state index in [4.69, 9.17) is 9.72 Å². The van der Waals surface area contributed by atoms with Crippen LogP contribution in [0.2, 0.25) is 0 Å². The van der Waals surface area contributed by atoms with Crippen molar-refractivity contribution in [3.05, 3.63) is 41.6 Å². The molecule has 4 heterocycles. The van der Waals surface area contributed by atoms with Crippen molar-refractivity contribution < 1.29 is 9.53 Å². The molecule has 1 saturated heterocycles. The Hall–Kier alpha value is -3.77. The monoisotopic (exact) mass is 574 g/mol. The topological polar surface area (TPSA) is 117 Å². The maximum Gasteiger partial charge on any atom is 0.265 e. The summed E-state index contributed by atoms with van der Waals surface area (Å²) in [5.74, 6) is 4.17. The van der Waals surface area contributed by atoms with E-state index in [9.17, 15) is 4.79 Å². The Bertz CT molecular complexity index is 1410. The van der Waals surface area contributed by atoms with Gasteiger partial charge in [0.05, 0.1) is 25.0 Å². The maximum absolute atomic E-state index is 13.0. The number of carbonyl (C=O) groups excluding carboxylic acids is 1. The first-order valence-electron chi connectivity index (χ1n) is 15.2. The van der Waals surface area contributed by atoms with Gasteiger partial charge in [-0.1, -0.05) is 26.2 Å². The number of fused-ring (bicyclic) bond motifs is 3. The Labute approximate surface area is 247 Å². The Balaban J connectivity index is 1.26. The summed E-state index contributed by atoms with van der Waals surface area (Å²) in [5, 5.41) is 14.3. The average molecular weight is 575 g/mol. The second kappa shape index (κ2) is 12.2. The van der Waals surface area contributed by atoms with Gasteiger partial charge in [-0.05, 0) is 57.4 Å². The number of anilines is 3. The van der Waals surface area contributed by atoms with E-state index in [0.29, 0.717) is 28.9 Å². The number of piperazine rings is 1. The summed E-state index contributed by atoms with van der Waals surface area (Å²) in [6.45, 7) is 8.54. The Morgan fingerprint density at radius 3 is 2.62 bits per heavy atom. The first kappa shape index (κ1) is 28.4. The number of ether oxygens (including phenoxy) is 1. The van der Waals surface area contributed by atoms with Crippen LogP contribution in [-0.4, -0.2) is 87.4 Å². The average Bonchev–Trinajstić information content (AvgIpc) is 3.40. The van der Waals surface area contributed by atoms with E-state index in [-0.39, 0.29) is 11.9 Å². The number of nitrogens with one attached hydrogen (secondary N) is 2. The first-order chi connectivity index (χ1) is 20.4. The van der Waals surface area contributed by atoms with E-state index in [2.05, 4.69) is 54.3 Å². The van der Waals surface area contributed by atoms with Crippen LogP contribution < -0.4 is 20.4 Å². The van der Waals surface area contributed by atoms with E-state index in [1.165, 1.54) is 32.1 Å². The summed E-state index contributed by atoms with van der Waals surface area (Å²) >= 11 is 0. The molecule has 12 nitrogen and oxygen atoms in total. The number of aromatic nitrogens is 5. The fraction of sp³-hybridized carbons (Fsp3) is 0.567. The predicted molar refractivity (Wildman–Crippen MR) is 161 cm³/mol. The molecule has 2 aliphatic heterocycles. The Morgan fingerprint density at radius 1 is 1.10 bits per heavy atom. The highest BCUT2D eigenvalue weighted by atomic mass is 16.5. The van der Waals surface area contributed by atoms with Crippen LogP contribution in [0.25, 0.3) is 5.69 Å². The van der Waals surface area contributed by atoms with Crippen LogP contribution >= 0.6 is 0 Å². The number of hydrogen-bond acceptors (Lipinski definition) is 10. The second-order valence-electron chi connectivity index (χ2n) is 11.7. The van der Waals surface area contributed by atoms with Gasteiger partial charge in [0.15, 0.2) is 11.6 Å².